The third-order valence-electron chi connectivity index (χ3n) is 5.78. The molecule has 1 saturated heterocycles. The molecule has 1 aliphatic heterocycles. The summed E-state index contributed by atoms with van der Waals surface area (Å²) in [6, 6.07) is 7.90. The number of aromatic nitrogens is 1. The van der Waals surface area contributed by atoms with Gasteiger partial charge in [0.25, 0.3) is 0 Å². The van der Waals surface area contributed by atoms with Crippen molar-refractivity contribution in [3.05, 3.63) is 52.3 Å². The number of ketones is 1. The molecule has 29 heavy (non-hydrogen) atoms. The zero-order valence-corrected chi connectivity index (χ0v) is 17.0. The predicted octanol–water partition coefficient (Wildman–Crippen LogP) is 3.97. The van der Waals surface area contributed by atoms with E-state index in [-0.39, 0.29) is 24.4 Å². The van der Waals surface area contributed by atoms with E-state index in [2.05, 4.69) is 4.98 Å². The molecule has 6 heteroatoms. The van der Waals surface area contributed by atoms with E-state index in [0.717, 1.165) is 36.5 Å². The molecule has 0 unspecified atom stereocenters. The van der Waals surface area contributed by atoms with Gasteiger partial charge < -0.3 is 19.2 Å². The highest BCUT2D eigenvalue weighted by atomic mass is 16.6. The molecule has 0 radical (unpaired) electrons. The lowest BCUT2D eigenvalue weighted by Crippen LogP contribution is -2.18. The molecule has 2 aliphatic rings. The zero-order chi connectivity index (χ0) is 20.4. The van der Waals surface area contributed by atoms with Crippen LogP contribution in [0.5, 0.6) is 5.75 Å². The highest BCUT2D eigenvalue weighted by molar-refractivity contribution is 6.03. The molecule has 154 valence electrons. The van der Waals surface area contributed by atoms with Crippen LogP contribution < -0.4 is 4.74 Å². The maximum Gasteiger partial charge on any atom is 0.355 e. The van der Waals surface area contributed by atoms with Crippen molar-refractivity contribution in [3.8, 4) is 5.75 Å². The number of carbonyl (C=O) groups is 2. The Morgan fingerprint density at radius 3 is 2.72 bits per heavy atom. The van der Waals surface area contributed by atoms with Crippen molar-refractivity contribution < 1.29 is 23.8 Å². The number of ether oxygens (including phenoxy) is 3. The van der Waals surface area contributed by atoms with Gasteiger partial charge in [0.05, 0.1) is 12.7 Å². The highest BCUT2D eigenvalue weighted by Gasteiger charge is 2.32. The van der Waals surface area contributed by atoms with Crippen molar-refractivity contribution in [2.75, 3.05) is 19.8 Å². The second-order valence-corrected chi connectivity index (χ2v) is 7.74. The van der Waals surface area contributed by atoms with Crippen molar-refractivity contribution in [2.24, 2.45) is 0 Å². The Morgan fingerprint density at radius 2 is 2.03 bits per heavy atom. The number of carbonyl (C=O) groups excluding carboxylic acids is 2. The number of H-pyrrole nitrogens is 1. The number of esters is 1. The van der Waals surface area contributed by atoms with E-state index in [9.17, 15) is 9.59 Å². The number of benzene rings is 1. The molecular formula is C23H27NO5. The SMILES string of the molecule is CCOc1ccc([C@@H]2CC(=O)c3c([nH]c(C(=O)OC[C@H]4CCCO4)c3C)C2)cc1. The summed E-state index contributed by atoms with van der Waals surface area (Å²) < 4.78 is 16.4. The third-order valence-corrected chi connectivity index (χ3v) is 5.78. The molecule has 1 aromatic carbocycles. The van der Waals surface area contributed by atoms with Crippen molar-refractivity contribution in [2.45, 2.75) is 51.6 Å². The van der Waals surface area contributed by atoms with Crippen LogP contribution in [0.25, 0.3) is 0 Å². The molecule has 1 aliphatic carbocycles. The number of aromatic amines is 1. The summed E-state index contributed by atoms with van der Waals surface area (Å²) in [6.07, 6.45) is 3.02. The molecule has 6 nitrogen and oxygen atoms in total. The summed E-state index contributed by atoms with van der Waals surface area (Å²) in [4.78, 5) is 28.6. The van der Waals surface area contributed by atoms with Gasteiger partial charge in [-0.1, -0.05) is 12.1 Å². The smallest absolute Gasteiger partial charge is 0.355 e. The average molecular weight is 397 g/mol. The van der Waals surface area contributed by atoms with Crippen LogP contribution in [0.15, 0.2) is 24.3 Å². The number of nitrogens with one attached hydrogen (secondary N) is 1. The molecule has 0 amide bonds. The minimum absolute atomic E-state index is 0.0190. The minimum Gasteiger partial charge on any atom is -0.494 e. The summed E-state index contributed by atoms with van der Waals surface area (Å²) in [6.45, 7) is 5.36. The Labute approximate surface area is 170 Å². The largest absolute Gasteiger partial charge is 0.494 e. The molecular weight excluding hydrogens is 370 g/mol. The minimum atomic E-state index is -0.419. The summed E-state index contributed by atoms with van der Waals surface area (Å²) in [7, 11) is 0. The van der Waals surface area contributed by atoms with Gasteiger partial charge in [-0.25, -0.2) is 4.79 Å². The quantitative estimate of drug-likeness (QED) is 0.747. The van der Waals surface area contributed by atoms with Gasteiger partial charge in [0.15, 0.2) is 5.78 Å². The van der Waals surface area contributed by atoms with Crippen LogP contribution in [0.3, 0.4) is 0 Å². The Hall–Kier alpha value is -2.60. The van der Waals surface area contributed by atoms with Crippen molar-refractivity contribution in [1.82, 2.24) is 4.98 Å². The van der Waals surface area contributed by atoms with E-state index < -0.39 is 5.97 Å². The second kappa shape index (κ2) is 8.41. The van der Waals surface area contributed by atoms with Gasteiger partial charge in [0, 0.05) is 24.3 Å². The van der Waals surface area contributed by atoms with Gasteiger partial charge in [-0.15, -0.1) is 0 Å². The van der Waals surface area contributed by atoms with E-state index in [1.54, 1.807) is 0 Å². The molecule has 1 fully saturated rings. The van der Waals surface area contributed by atoms with Gasteiger partial charge in [-0.3, -0.25) is 4.79 Å². The van der Waals surface area contributed by atoms with Gasteiger partial charge in [0.2, 0.25) is 0 Å². The van der Waals surface area contributed by atoms with Gasteiger partial charge in [-0.05, 0) is 62.3 Å². The first-order valence-corrected chi connectivity index (χ1v) is 10.3. The Morgan fingerprint density at radius 1 is 1.24 bits per heavy atom. The number of Topliss-reactive ketones (excluding diaryl/α,β-unsaturated/α-hetero) is 1. The lowest BCUT2D eigenvalue weighted by molar-refractivity contribution is 0.0156. The number of hydrogen-bond acceptors (Lipinski definition) is 5. The molecule has 0 saturated carbocycles. The summed E-state index contributed by atoms with van der Waals surface area (Å²) >= 11 is 0. The van der Waals surface area contributed by atoms with E-state index >= 15 is 0 Å². The van der Waals surface area contributed by atoms with Crippen molar-refractivity contribution in [1.29, 1.82) is 0 Å². The van der Waals surface area contributed by atoms with Crippen LogP contribution in [0.4, 0.5) is 0 Å². The Balaban J connectivity index is 1.49. The number of fused-ring (bicyclic) bond motifs is 1. The van der Waals surface area contributed by atoms with Gasteiger partial charge >= 0.3 is 5.97 Å². The number of rotatable bonds is 6. The molecule has 1 N–H and O–H groups in total. The zero-order valence-electron chi connectivity index (χ0n) is 17.0. The lowest BCUT2D eigenvalue weighted by Gasteiger charge is -2.22. The number of hydrogen-bond donors (Lipinski definition) is 1. The lowest BCUT2D eigenvalue weighted by atomic mass is 9.81. The molecule has 0 bridgehead atoms. The van der Waals surface area contributed by atoms with E-state index in [4.69, 9.17) is 14.2 Å². The summed E-state index contributed by atoms with van der Waals surface area (Å²) in [5.74, 6) is 0.556. The van der Waals surface area contributed by atoms with E-state index in [1.807, 2.05) is 38.1 Å². The fourth-order valence-electron chi connectivity index (χ4n) is 4.29. The van der Waals surface area contributed by atoms with Crippen LogP contribution >= 0.6 is 0 Å². The van der Waals surface area contributed by atoms with Gasteiger partial charge in [-0.2, -0.15) is 0 Å². The molecule has 2 heterocycles. The van der Waals surface area contributed by atoms with Crippen LogP contribution in [0, 0.1) is 6.92 Å². The highest BCUT2D eigenvalue weighted by Crippen LogP contribution is 2.35. The van der Waals surface area contributed by atoms with E-state index in [1.165, 1.54) is 0 Å². The molecule has 2 aromatic rings. The molecule has 2 atom stereocenters. The monoisotopic (exact) mass is 397 g/mol. The fourth-order valence-corrected chi connectivity index (χ4v) is 4.29. The molecule has 1 aromatic heterocycles. The summed E-state index contributed by atoms with van der Waals surface area (Å²) in [5.41, 5.74) is 3.64. The predicted molar refractivity (Wildman–Crippen MR) is 108 cm³/mol. The van der Waals surface area contributed by atoms with Crippen LogP contribution in [-0.2, 0) is 15.9 Å². The van der Waals surface area contributed by atoms with Crippen molar-refractivity contribution >= 4 is 11.8 Å². The first-order valence-electron chi connectivity index (χ1n) is 10.3. The molecule has 0 spiro atoms. The maximum atomic E-state index is 12.8. The fraction of sp³-hybridized carbons (Fsp3) is 0.478. The van der Waals surface area contributed by atoms with Crippen LogP contribution in [0.2, 0.25) is 0 Å². The Bertz CT molecular complexity index is 893. The van der Waals surface area contributed by atoms with Crippen LogP contribution in [0.1, 0.15) is 69.8 Å². The topological polar surface area (TPSA) is 77.6 Å². The average Bonchev–Trinajstić information content (AvgIpc) is 3.35. The standard InChI is InChI=1S/C23H27NO5/c1-3-27-17-8-6-15(7-9-17)16-11-19-21(20(25)12-16)14(2)22(24-19)23(26)29-13-18-5-4-10-28-18/h6-9,16,18,24H,3-5,10-13H2,1-2H3/t16-,18+/m0/s1. The first-order chi connectivity index (χ1) is 14.1. The normalized spacial score (nSPS) is 21.1. The van der Waals surface area contributed by atoms with E-state index in [0.29, 0.717) is 36.3 Å². The van der Waals surface area contributed by atoms with Crippen LogP contribution in [-0.4, -0.2) is 42.7 Å². The maximum absolute atomic E-state index is 12.8. The second-order valence-electron chi connectivity index (χ2n) is 7.74. The van der Waals surface area contributed by atoms with Crippen molar-refractivity contribution in [3.63, 3.8) is 0 Å². The first kappa shape index (κ1) is 19.7. The summed E-state index contributed by atoms with van der Waals surface area (Å²) in [5, 5.41) is 0. The van der Waals surface area contributed by atoms with Gasteiger partial charge in [0.1, 0.15) is 18.1 Å². The Kier molecular flexibility index (Phi) is 5.72. The molecule has 4 rings (SSSR count). The third kappa shape index (κ3) is 4.08.